The van der Waals surface area contributed by atoms with Crippen molar-refractivity contribution in [2.24, 2.45) is 0 Å². The van der Waals surface area contributed by atoms with Gasteiger partial charge in [-0.05, 0) is 18.1 Å². The number of hydrogen-bond acceptors (Lipinski definition) is 4. The molecule has 20 heavy (non-hydrogen) atoms. The number of ether oxygens (including phenoxy) is 2. The first-order chi connectivity index (χ1) is 9.74. The number of nitrogens with zero attached hydrogens (tertiary/aromatic N) is 1. The van der Waals surface area contributed by atoms with Gasteiger partial charge in [-0.2, -0.15) is 0 Å². The van der Waals surface area contributed by atoms with Gasteiger partial charge in [0.15, 0.2) is 0 Å². The van der Waals surface area contributed by atoms with E-state index in [-0.39, 0.29) is 0 Å². The van der Waals surface area contributed by atoms with Crippen molar-refractivity contribution in [1.29, 1.82) is 0 Å². The second-order valence-electron chi connectivity index (χ2n) is 4.84. The molecule has 0 radical (unpaired) electrons. The van der Waals surface area contributed by atoms with E-state index in [0.29, 0.717) is 32.8 Å². The first kappa shape index (κ1) is 14.8. The first-order valence-corrected chi connectivity index (χ1v) is 6.88. The number of carbonyl (C=O) groups is 1. The number of carboxylic acids is 1. The van der Waals surface area contributed by atoms with Crippen LogP contribution in [0.1, 0.15) is 12.0 Å². The number of benzene rings is 1. The molecule has 110 valence electrons. The van der Waals surface area contributed by atoms with E-state index in [9.17, 15) is 9.90 Å². The minimum absolute atomic E-state index is 0.477. The fourth-order valence-electron chi connectivity index (χ4n) is 2.52. The quantitative estimate of drug-likeness (QED) is 0.732. The molecule has 2 rings (SSSR count). The fraction of sp³-hybridized carbons (Fsp3) is 0.533. The predicted octanol–water partition coefficient (Wildman–Crippen LogP) is 1.56. The molecule has 1 aromatic rings. The van der Waals surface area contributed by atoms with Gasteiger partial charge in [0.1, 0.15) is 6.04 Å². The maximum Gasteiger partial charge on any atom is 0.326 e. The summed E-state index contributed by atoms with van der Waals surface area (Å²) in [7, 11) is 1.67. The molecule has 1 aromatic carbocycles. The standard InChI is InChI=1S/C15H21NO4/c1-19-8-4-9-20-10-7-16-13-6-3-2-5-12(13)11-14(16)15(17)18/h2-3,5-6,14H,4,7-11H2,1H3,(H,17,18). The molecule has 1 heterocycles. The second-order valence-corrected chi connectivity index (χ2v) is 4.84. The maximum absolute atomic E-state index is 11.4. The number of carboxylic acid groups (broad SMARTS) is 1. The van der Waals surface area contributed by atoms with E-state index in [1.54, 1.807) is 7.11 Å². The molecule has 0 fully saturated rings. The van der Waals surface area contributed by atoms with Crippen LogP contribution in [-0.4, -0.2) is 50.6 Å². The summed E-state index contributed by atoms with van der Waals surface area (Å²) in [5.41, 5.74) is 2.11. The Kier molecular flexibility index (Phi) is 5.38. The number of fused-ring (bicyclic) bond motifs is 1. The van der Waals surface area contributed by atoms with E-state index in [1.807, 2.05) is 29.2 Å². The Hall–Kier alpha value is -1.59. The van der Waals surface area contributed by atoms with Gasteiger partial charge in [-0.3, -0.25) is 0 Å². The molecule has 0 aliphatic carbocycles. The van der Waals surface area contributed by atoms with E-state index in [4.69, 9.17) is 9.47 Å². The summed E-state index contributed by atoms with van der Waals surface area (Å²) in [4.78, 5) is 13.3. The zero-order chi connectivity index (χ0) is 14.4. The third kappa shape index (κ3) is 3.49. The highest BCUT2D eigenvalue weighted by atomic mass is 16.5. The third-order valence-corrected chi connectivity index (χ3v) is 3.49. The summed E-state index contributed by atoms with van der Waals surface area (Å²) in [6, 6.07) is 7.38. The van der Waals surface area contributed by atoms with Crippen LogP contribution in [0.5, 0.6) is 0 Å². The average Bonchev–Trinajstić information content (AvgIpc) is 2.82. The van der Waals surface area contributed by atoms with Crippen LogP contribution in [0.15, 0.2) is 24.3 Å². The van der Waals surface area contributed by atoms with Gasteiger partial charge in [0.25, 0.3) is 0 Å². The van der Waals surface area contributed by atoms with Gasteiger partial charge in [-0.15, -0.1) is 0 Å². The predicted molar refractivity (Wildman–Crippen MR) is 76.2 cm³/mol. The van der Waals surface area contributed by atoms with Crippen LogP contribution in [0.25, 0.3) is 0 Å². The number of anilines is 1. The Bertz CT molecular complexity index is 449. The molecule has 1 aliphatic rings. The molecule has 1 atom stereocenters. The normalized spacial score (nSPS) is 17.2. The lowest BCUT2D eigenvalue weighted by Crippen LogP contribution is -2.40. The molecule has 0 bridgehead atoms. The molecule has 0 saturated carbocycles. The molecule has 0 spiro atoms. The molecule has 0 aromatic heterocycles. The van der Waals surface area contributed by atoms with Crippen LogP contribution in [-0.2, 0) is 20.7 Å². The number of aliphatic carboxylic acids is 1. The van der Waals surface area contributed by atoms with Crippen molar-refractivity contribution in [3.63, 3.8) is 0 Å². The van der Waals surface area contributed by atoms with Gasteiger partial charge in [0.2, 0.25) is 0 Å². The summed E-state index contributed by atoms with van der Waals surface area (Å²) in [5, 5.41) is 9.33. The Morgan fingerprint density at radius 3 is 2.90 bits per heavy atom. The van der Waals surface area contributed by atoms with Crippen LogP contribution in [0.4, 0.5) is 5.69 Å². The van der Waals surface area contributed by atoms with E-state index < -0.39 is 12.0 Å². The van der Waals surface area contributed by atoms with Crippen LogP contribution >= 0.6 is 0 Å². The highest BCUT2D eigenvalue weighted by Crippen LogP contribution is 2.31. The topological polar surface area (TPSA) is 59.0 Å². The minimum Gasteiger partial charge on any atom is -0.480 e. The number of para-hydroxylation sites is 1. The first-order valence-electron chi connectivity index (χ1n) is 6.88. The SMILES string of the molecule is COCCCOCCN1c2ccccc2CC1C(=O)O. The van der Waals surface area contributed by atoms with Crippen molar-refractivity contribution in [2.75, 3.05) is 38.4 Å². The van der Waals surface area contributed by atoms with E-state index in [2.05, 4.69) is 0 Å². The highest BCUT2D eigenvalue weighted by molar-refractivity contribution is 5.82. The number of hydrogen-bond donors (Lipinski definition) is 1. The lowest BCUT2D eigenvalue weighted by Gasteiger charge is -2.24. The summed E-state index contributed by atoms with van der Waals surface area (Å²) in [5.74, 6) is -0.777. The average molecular weight is 279 g/mol. The van der Waals surface area contributed by atoms with Crippen molar-refractivity contribution in [3.8, 4) is 0 Å². The summed E-state index contributed by atoms with van der Waals surface area (Å²) in [6.45, 7) is 2.45. The van der Waals surface area contributed by atoms with E-state index in [0.717, 1.165) is 17.7 Å². The van der Waals surface area contributed by atoms with Crippen molar-refractivity contribution in [2.45, 2.75) is 18.9 Å². The van der Waals surface area contributed by atoms with Crippen LogP contribution in [0, 0.1) is 0 Å². The van der Waals surface area contributed by atoms with Crippen LogP contribution < -0.4 is 4.90 Å². The molecule has 5 nitrogen and oxygen atoms in total. The minimum atomic E-state index is -0.777. The van der Waals surface area contributed by atoms with Crippen molar-refractivity contribution < 1.29 is 19.4 Å². The second kappa shape index (κ2) is 7.26. The molecule has 1 unspecified atom stereocenters. The van der Waals surface area contributed by atoms with Crippen LogP contribution in [0.3, 0.4) is 0 Å². The number of rotatable bonds is 8. The van der Waals surface area contributed by atoms with Gasteiger partial charge in [0, 0.05) is 39.0 Å². The van der Waals surface area contributed by atoms with E-state index in [1.165, 1.54) is 0 Å². The van der Waals surface area contributed by atoms with Gasteiger partial charge in [0.05, 0.1) is 6.61 Å². The molecule has 0 saturated heterocycles. The molecular formula is C15H21NO4. The molecule has 5 heteroatoms. The molecule has 0 amide bonds. The Morgan fingerprint density at radius 1 is 1.35 bits per heavy atom. The Morgan fingerprint density at radius 2 is 2.15 bits per heavy atom. The zero-order valence-corrected chi connectivity index (χ0v) is 11.7. The largest absolute Gasteiger partial charge is 0.480 e. The molecular weight excluding hydrogens is 258 g/mol. The van der Waals surface area contributed by atoms with Crippen molar-refractivity contribution in [1.82, 2.24) is 0 Å². The smallest absolute Gasteiger partial charge is 0.326 e. The number of methoxy groups -OCH3 is 1. The highest BCUT2D eigenvalue weighted by Gasteiger charge is 2.33. The van der Waals surface area contributed by atoms with Crippen molar-refractivity contribution >= 4 is 11.7 Å². The zero-order valence-electron chi connectivity index (χ0n) is 11.7. The summed E-state index contributed by atoms with van der Waals surface area (Å²) in [6.07, 6.45) is 1.42. The summed E-state index contributed by atoms with van der Waals surface area (Å²) < 4.78 is 10.5. The monoisotopic (exact) mass is 279 g/mol. The lowest BCUT2D eigenvalue weighted by molar-refractivity contribution is -0.138. The van der Waals surface area contributed by atoms with Gasteiger partial charge in [-0.25, -0.2) is 4.79 Å². The Balaban J connectivity index is 1.89. The van der Waals surface area contributed by atoms with E-state index >= 15 is 0 Å². The Labute approximate surface area is 119 Å². The maximum atomic E-state index is 11.4. The molecule has 1 N–H and O–H groups in total. The van der Waals surface area contributed by atoms with Gasteiger partial charge in [-0.1, -0.05) is 18.2 Å². The third-order valence-electron chi connectivity index (χ3n) is 3.49. The lowest BCUT2D eigenvalue weighted by atomic mass is 10.1. The molecule has 1 aliphatic heterocycles. The fourth-order valence-corrected chi connectivity index (χ4v) is 2.52. The van der Waals surface area contributed by atoms with Crippen LogP contribution in [0.2, 0.25) is 0 Å². The van der Waals surface area contributed by atoms with Crippen molar-refractivity contribution in [3.05, 3.63) is 29.8 Å². The van der Waals surface area contributed by atoms with Gasteiger partial charge < -0.3 is 19.5 Å². The summed E-state index contributed by atoms with van der Waals surface area (Å²) >= 11 is 0. The van der Waals surface area contributed by atoms with Gasteiger partial charge >= 0.3 is 5.97 Å².